The molecule has 5 nitrogen and oxygen atoms in total. The molecule has 120 valence electrons. The summed E-state index contributed by atoms with van der Waals surface area (Å²) in [7, 11) is 3.33. The Morgan fingerprint density at radius 2 is 1.62 bits per heavy atom. The van der Waals surface area contributed by atoms with Crippen molar-refractivity contribution in [3.05, 3.63) is 0 Å². The molecular formula is C16H27NO4. The first-order valence-electron chi connectivity index (χ1n) is 7.85. The van der Waals surface area contributed by atoms with E-state index < -0.39 is 5.41 Å². The minimum absolute atomic E-state index is 0.187. The van der Waals surface area contributed by atoms with E-state index in [1.54, 1.807) is 14.1 Å². The Morgan fingerprint density at radius 3 is 2.10 bits per heavy atom. The number of esters is 1. The van der Waals surface area contributed by atoms with Crippen LogP contribution in [0.3, 0.4) is 0 Å². The highest BCUT2D eigenvalue weighted by molar-refractivity contribution is 5.76. The van der Waals surface area contributed by atoms with Crippen LogP contribution in [0.25, 0.3) is 0 Å². The molecule has 5 heteroatoms. The number of hydrogen-bond donors (Lipinski definition) is 0. The van der Waals surface area contributed by atoms with Crippen LogP contribution in [0.15, 0.2) is 0 Å². The molecule has 0 aromatic carbocycles. The Kier molecular flexibility index (Phi) is 4.49. The van der Waals surface area contributed by atoms with Crippen molar-refractivity contribution in [3.63, 3.8) is 0 Å². The van der Waals surface area contributed by atoms with Gasteiger partial charge in [0.25, 0.3) is 0 Å². The molecule has 0 radical (unpaired) electrons. The minimum atomic E-state index is -0.488. The highest BCUT2D eigenvalue weighted by Gasteiger charge is 2.52. The van der Waals surface area contributed by atoms with E-state index in [9.17, 15) is 9.59 Å². The number of rotatable bonds is 4. The minimum Gasteiger partial charge on any atom is -0.458 e. The zero-order chi connectivity index (χ0) is 15.8. The Labute approximate surface area is 127 Å². The van der Waals surface area contributed by atoms with Gasteiger partial charge in [-0.15, -0.1) is 0 Å². The Morgan fingerprint density at radius 1 is 1.10 bits per heavy atom. The van der Waals surface area contributed by atoms with Gasteiger partial charge < -0.3 is 14.4 Å². The third kappa shape index (κ3) is 3.16. The van der Waals surface area contributed by atoms with Crippen LogP contribution < -0.4 is 0 Å². The average Bonchev–Trinajstić information content (AvgIpc) is 3.01. The van der Waals surface area contributed by atoms with Gasteiger partial charge in [0.15, 0.2) is 0 Å². The SMILES string of the molecule is CCC(C)(C)C(=O)OC1C2CCC(C2)C1OC(=O)N(C)C. The second-order valence-electron chi connectivity index (χ2n) is 7.18. The van der Waals surface area contributed by atoms with Gasteiger partial charge >= 0.3 is 12.1 Å². The lowest BCUT2D eigenvalue weighted by Gasteiger charge is -2.33. The number of carbonyl (C=O) groups is 2. The van der Waals surface area contributed by atoms with E-state index in [1.165, 1.54) is 4.90 Å². The van der Waals surface area contributed by atoms with Gasteiger partial charge in [-0.3, -0.25) is 4.79 Å². The lowest BCUT2D eigenvalue weighted by atomic mass is 9.89. The molecule has 2 saturated carbocycles. The maximum absolute atomic E-state index is 12.3. The van der Waals surface area contributed by atoms with Gasteiger partial charge in [-0.05, 0) is 39.5 Å². The van der Waals surface area contributed by atoms with Crippen molar-refractivity contribution < 1.29 is 19.1 Å². The van der Waals surface area contributed by atoms with E-state index in [-0.39, 0.29) is 24.3 Å². The first-order valence-corrected chi connectivity index (χ1v) is 7.85. The van der Waals surface area contributed by atoms with Gasteiger partial charge in [-0.2, -0.15) is 0 Å². The molecule has 2 bridgehead atoms. The Bertz CT molecular complexity index is 419. The number of hydrogen-bond acceptors (Lipinski definition) is 4. The molecular weight excluding hydrogens is 270 g/mol. The molecule has 0 heterocycles. The molecule has 4 unspecified atom stereocenters. The van der Waals surface area contributed by atoms with Crippen LogP contribution >= 0.6 is 0 Å². The normalized spacial score (nSPS) is 31.1. The fourth-order valence-corrected chi connectivity index (χ4v) is 3.16. The summed E-state index contributed by atoms with van der Waals surface area (Å²) in [5.41, 5.74) is -0.488. The van der Waals surface area contributed by atoms with Crippen LogP contribution in [-0.4, -0.2) is 43.3 Å². The number of fused-ring (bicyclic) bond motifs is 2. The topological polar surface area (TPSA) is 55.8 Å². The number of nitrogens with zero attached hydrogens (tertiary/aromatic N) is 1. The number of carbonyl (C=O) groups excluding carboxylic acids is 2. The predicted octanol–water partition coefficient (Wildman–Crippen LogP) is 2.83. The van der Waals surface area contributed by atoms with Gasteiger partial charge in [0.2, 0.25) is 0 Å². The first-order chi connectivity index (χ1) is 9.76. The molecule has 0 spiro atoms. The summed E-state index contributed by atoms with van der Waals surface area (Å²) in [4.78, 5) is 25.6. The second kappa shape index (κ2) is 5.85. The van der Waals surface area contributed by atoms with Crippen LogP contribution in [0.2, 0.25) is 0 Å². The Balaban J connectivity index is 2.06. The third-order valence-corrected chi connectivity index (χ3v) is 5.05. The fraction of sp³-hybridized carbons (Fsp3) is 0.875. The van der Waals surface area contributed by atoms with Gasteiger partial charge in [-0.25, -0.2) is 4.79 Å². The summed E-state index contributed by atoms with van der Waals surface area (Å²) >= 11 is 0. The zero-order valence-corrected chi connectivity index (χ0v) is 13.7. The largest absolute Gasteiger partial charge is 0.458 e. The van der Waals surface area contributed by atoms with Gasteiger partial charge in [0, 0.05) is 25.9 Å². The van der Waals surface area contributed by atoms with Crippen LogP contribution in [0.5, 0.6) is 0 Å². The maximum atomic E-state index is 12.3. The van der Waals surface area contributed by atoms with E-state index in [0.717, 1.165) is 25.7 Å². The highest BCUT2D eigenvalue weighted by Crippen LogP contribution is 2.48. The van der Waals surface area contributed by atoms with E-state index in [1.807, 2.05) is 20.8 Å². The molecule has 2 fully saturated rings. The van der Waals surface area contributed by atoms with Gasteiger partial charge in [0.05, 0.1) is 5.41 Å². The van der Waals surface area contributed by atoms with Crippen LogP contribution in [0.1, 0.15) is 46.5 Å². The van der Waals surface area contributed by atoms with Crippen molar-refractivity contribution >= 4 is 12.1 Å². The molecule has 0 aromatic rings. The van der Waals surface area contributed by atoms with Crippen LogP contribution in [-0.2, 0) is 14.3 Å². The third-order valence-electron chi connectivity index (χ3n) is 5.05. The van der Waals surface area contributed by atoms with E-state index >= 15 is 0 Å². The summed E-state index contributed by atoms with van der Waals surface area (Å²) in [6, 6.07) is 0. The fourth-order valence-electron chi connectivity index (χ4n) is 3.16. The van der Waals surface area contributed by atoms with E-state index in [2.05, 4.69) is 0 Å². The molecule has 0 saturated heterocycles. The van der Waals surface area contributed by atoms with Crippen molar-refractivity contribution in [1.82, 2.24) is 4.90 Å². The quantitative estimate of drug-likeness (QED) is 0.749. The number of ether oxygens (including phenoxy) is 2. The van der Waals surface area contributed by atoms with Gasteiger partial charge in [-0.1, -0.05) is 6.92 Å². The standard InChI is InChI=1S/C16H27NO4/c1-6-16(2,3)14(18)20-12-10-7-8-11(9-10)13(12)21-15(19)17(4)5/h10-13H,6-9H2,1-5H3. The van der Waals surface area contributed by atoms with Crippen molar-refractivity contribution in [1.29, 1.82) is 0 Å². The lowest BCUT2D eigenvalue weighted by Crippen LogP contribution is -2.43. The van der Waals surface area contributed by atoms with Crippen molar-refractivity contribution in [3.8, 4) is 0 Å². The van der Waals surface area contributed by atoms with Crippen molar-refractivity contribution in [2.75, 3.05) is 14.1 Å². The smallest absolute Gasteiger partial charge is 0.409 e. The van der Waals surface area contributed by atoms with Crippen LogP contribution in [0.4, 0.5) is 4.79 Å². The molecule has 0 aliphatic heterocycles. The van der Waals surface area contributed by atoms with E-state index in [0.29, 0.717) is 11.8 Å². The van der Waals surface area contributed by atoms with Crippen molar-refractivity contribution in [2.45, 2.75) is 58.7 Å². The van der Waals surface area contributed by atoms with Crippen LogP contribution in [0, 0.1) is 17.3 Å². The molecule has 0 N–H and O–H groups in total. The maximum Gasteiger partial charge on any atom is 0.409 e. The lowest BCUT2D eigenvalue weighted by molar-refractivity contribution is -0.169. The molecule has 2 rings (SSSR count). The molecule has 2 aliphatic rings. The molecule has 4 atom stereocenters. The van der Waals surface area contributed by atoms with E-state index in [4.69, 9.17) is 9.47 Å². The summed E-state index contributed by atoms with van der Waals surface area (Å²) in [5.74, 6) is 0.487. The monoisotopic (exact) mass is 297 g/mol. The highest BCUT2D eigenvalue weighted by atomic mass is 16.6. The first kappa shape index (κ1) is 16.1. The van der Waals surface area contributed by atoms with Gasteiger partial charge in [0.1, 0.15) is 12.2 Å². The van der Waals surface area contributed by atoms with Crippen molar-refractivity contribution in [2.24, 2.45) is 17.3 Å². The summed E-state index contributed by atoms with van der Waals surface area (Å²) in [6.45, 7) is 5.76. The zero-order valence-electron chi connectivity index (χ0n) is 13.7. The summed E-state index contributed by atoms with van der Waals surface area (Å²) in [6.07, 6.45) is 2.93. The summed E-state index contributed by atoms with van der Waals surface area (Å²) in [5, 5.41) is 0. The predicted molar refractivity (Wildman–Crippen MR) is 78.7 cm³/mol. The molecule has 2 aliphatic carbocycles. The molecule has 1 amide bonds. The average molecular weight is 297 g/mol. The Hall–Kier alpha value is -1.26. The molecule has 21 heavy (non-hydrogen) atoms. The molecule has 0 aromatic heterocycles. The number of amides is 1. The summed E-state index contributed by atoms with van der Waals surface area (Å²) < 4.78 is 11.3. The second-order valence-corrected chi connectivity index (χ2v) is 7.18.